The van der Waals surface area contributed by atoms with Gasteiger partial charge in [0.25, 0.3) is 6.43 Å². The zero-order valence-electron chi connectivity index (χ0n) is 8.87. The Morgan fingerprint density at radius 1 is 1.15 bits per heavy atom. The molecule has 0 radical (unpaired) electrons. The Bertz CT molecular complexity index is 128. The van der Waals surface area contributed by atoms with Crippen molar-refractivity contribution in [2.75, 3.05) is 6.54 Å². The van der Waals surface area contributed by atoms with E-state index in [2.05, 4.69) is 5.32 Å². The SMILES string of the molecule is CCCNC(CC)(CCC)C(F)F. The molecule has 1 unspecified atom stereocenters. The molecule has 0 aromatic carbocycles. The van der Waals surface area contributed by atoms with E-state index in [1.54, 1.807) is 0 Å². The van der Waals surface area contributed by atoms with Crippen LogP contribution in [-0.4, -0.2) is 18.5 Å². The molecule has 0 aromatic heterocycles. The van der Waals surface area contributed by atoms with Gasteiger partial charge in [0, 0.05) is 0 Å². The average molecular weight is 193 g/mol. The quantitative estimate of drug-likeness (QED) is 0.654. The molecule has 0 fully saturated rings. The number of rotatable bonds is 7. The van der Waals surface area contributed by atoms with Gasteiger partial charge in [-0.1, -0.05) is 27.2 Å². The maximum Gasteiger partial charge on any atom is 0.256 e. The van der Waals surface area contributed by atoms with E-state index in [0.717, 1.165) is 12.8 Å². The van der Waals surface area contributed by atoms with Gasteiger partial charge in [-0.25, -0.2) is 8.78 Å². The van der Waals surface area contributed by atoms with E-state index in [9.17, 15) is 8.78 Å². The Morgan fingerprint density at radius 2 is 1.77 bits per heavy atom. The third-order valence-corrected chi connectivity index (χ3v) is 2.47. The molecule has 0 saturated carbocycles. The second kappa shape index (κ2) is 6.30. The zero-order valence-corrected chi connectivity index (χ0v) is 8.87. The molecule has 0 rings (SSSR count). The molecule has 0 spiro atoms. The Labute approximate surface area is 79.9 Å². The van der Waals surface area contributed by atoms with Crippen LogP contribution in [0.4, 0.5) is 8.78 Å². The first-order valence-electron chi connectivity index (χ1n) is 5.16. The predicted octanol–water partition coefficient (Wildman–Crippen LogP) is 3.20. The highest BCUT2D eigenvalue weighted by Gasteiger charge is 2.36. The molecule has 0 heterocycles. The summed E-state index contributed by atoms with van der Waals surface area (Å²) in [5.41, 5.74) is -0.940. The van der Waals surface area contributed by atoms with Gasteiger partial charge in [-0.05, 0) is 25.8 Å². The molecule has 0 saturated heterocycles. The molecule has 13 heavy (non-hydrogen) atoms. The van der Waals surface area contributed by atoms with E-state index in [0.29, 0.717) is 19.4 Å². The Balaban J connectivity index is 4.26. The number of hydrogen-bond donors (Lipinski definition) is 1. The van der Waals surface area contributed by atoms with Crippen LogP contribution in [0.25, 0.3) is 0 Å². The van der Waals surface area contributed by atoms with Gasteiger partial charge < -0.3 is 5.32 Å². The standard InChI is InChI=1S/C10H21F2N/c1-4-7-10(6-3,9(11)12)13-8-5-2/h9,13H,4-8H2,1-3H3. The highest BCUT2D eigenvalue weighted by Crippen LogP contribution is 2.25. The summed E-state index contributed by atoms with van der Waals surface area (Å²) in [6, 6.07) is 0. The van der Waals surface area contributed by atoms with Gasteiger partial charge in [0.15, 0.2) is 0 Å². The van der Waals surface area contributed by atoms with Crippen molar-refractivity contribution in [1.82, 2.24) is 5.32 Å². The summed E-state index contributed by atoms with van der Waals surface area (Å²) in [6.07, 6.45) is 0.497. The summed E-state index contributed by atoms with van der Waals surface area (Å²) in [5.74, 6) is 0. The van der Waals surface area contributed by atoms with Gasteiger partial charge in [-0.3, -0.25) is 0 Å². The van der Waals surface area contributed by atoms with Crippen LogP contribution in [0.2, 0.25) is 0 Å². The molecular weight excluding hydrogens is 172 g/mol. The van der Waals surface area contributed by atoms with Gasteiger partial charge >= 0.3 is 0 Å². The monoisotopic (exact) mass is 193 g/mol. The Morgan fingerprint density at radius 3 is 2.08 bits per heavy atom. The zero-order chi connectivity index (χ0) is 10.3. The normalized spacial score (nSPS) is 16.2. The fourth-order valence-electron chi connectivity index (χ4n) is 1.55. The van der Waals surface area contributed by atoms with Crippen LogP contribution in [0, 0.1) is 0 Å². The van der Waals surface area contributed by atoms with Crippen molar-refractivity contribution < 1.29 is 8.78 Å². The summed E-state index contributed by atoms with van der Waals surface area (Å²) in [6.45, 7) is 6.44. The average Bonchev–Trinajstić information content (AvgIpc) is 2.12. The number of halogens is 2. The van der Waals surface area contributed by atoms with Crippen molar-refractivity contribution >= 4 is 0 Å². The van der Waals surface area contributed by atoms with Crippen LogP contribution >= 0.6 is 0 Å². The van der Waals surface area contributed by atoms with Crippen LogP contribution in [0.15, 0.2) is 0 Å². The van der Waals surface area contributed by atoms with E-state index >= 15 is 0 Å². The van der Waals surface area contributed by atoms with E-state index in [1.165, 1.54) is 0 Å². The van der Waals surface area contributed by atoms with E-state index in [4.69, 9.17) is 0 Å². The molecule has 0 aliphatic carbocycles. The molecule has 1 atom stereocenters. The van der Waals surface area contributed by atoms with Crippen molar-refractivity contribution in [2.45, 2.75) is 58.4 Å². The minimum Gasteiger partial charge on any atom is -0.306 e. The summed E-state index contributed by atoms with van der Waals surface area (Å²) in [5, 5.41) is 2.98. The van der Waals surface area contributed by atoms with Crippen molar-refractivity contribution in [1.29, 1.82) is 0 Å². The molecule has 1 N–H and O–H groups in total. The molecule has 0 bridgehead atoms. The van der Waals surface area contributed by atoms with Crippen LogP contribution in [0.5, 0.6) is 0 Å². The molecule has 0 amide bonds. The fraction of sp³-hybridized carbons (Fsp3) is 1.00. The number of alkyl halides is 2. The molecule has 1 nitrogen and oxygen atoms in total. The maximum atomic E-state index is 12.8. The Hall–Kier alpha value is -0.180. The number of hydrogen-bond acceptors (Lipinski definition) is 1. The largest absolute Gasteiger partial charge is 0.306 e. The van der Waals surface area contributed by atoms with E-state index < -0.39 is 12.0 Å². The third kappa shape index (κ3) is 3.59. The molecular formula is C10H21F2N. The van der Waals surface area contributed by atoms with Crippen molar-refractivity contribution in [3.8, 4) is 0 Å². The predicted molar refractivity (Wildman–Crippen MR) is 52.2 cm³/mol. The van der Waals surface area contributed by atoms with Crippen LogP contribution < -0.4 is 5.32 Å². The van der Waals surface area contributed by atoms with E-state index in [-0.39, 0.29) is 0 Å². The first kappa shape index (κ1) is 12.8. The van der Waals surface area contributed by atoms with Crippen LogP contribution in [0.1, 0.15) is 46.5 Å². The lowest BCUT2D eigenvalue weighted by molar-refractivity contribution is 0.0211. The first-order valence-corrected chi connectivity index (χ1v) is 5.16. The maximum absolute atomic E-state index is 12.8. The highest BCUT2D eigenvalue weighted by molar-refractivity contribution is 4.88. The van der Waals surface area contributed by atoms with Gasteiger partial charge in [0.1, 0.15) is 0 Å². The molecule has 3 heteroatoms. The third-order valence-electron chi connectivity index (χ3n) is 2.47. The summed E-state index contributed by atoms with van der Waals surface area (Å²) in [7, 11) is 0. The van der Waals surface area contributed by atoms with E-state index in [1.807, 2.05) is 20.8 Å². The fourth-order valence-corrected chi connectivity index (χ4v) is 1.55. The Kier molecular flexibility index (Phi) is 6.21. The van der Waals surface area contributed by atoms with Crippen LogP contribution in [0.3, 0.4) is 0 Å². The van der Waals surface area contributed by atoms with Gasteiger partial charge in [-0.15, -0.1) is 0 Å². The summed E-state index contributed by atoms with van der Waals surface area (Å²) in [4.78, 5) is 0. The van der Waals surface area contributed by atoms with Crippen molar-refractivity contribution in [3.63, 3.8) is 0 Å². The first-order chi connectivity index (χ1) is 6.13. The lowest BCUT2D eigenvalue weighted by Crippen LogP contribution is -2.51. The van der Waals surface area contributed by atoms with Gasteiger partial charge in [-0.2, -0.15) is 0 Å². The summed E-state index contributed by atoms with van der Waals surface area (Å²) >= 11 is 0. The molecule has 0 aliphatic heterocycles. The van der Waals surface area contributed by atoms with Gasteiger partial charge in [0.05, 0.1) is 5.54 Å². The topological polar surface area (TPSA) is 12.0 Å². The highest BCUT2D eigenvalue weighted by atomic mass is 19.3. The van der Waals surface area contributed by atoms with Crippen molar-refractivity contribution in [2.24, 2.45) is 0 Å². The minimum atomic E-state index is -2.26. The minimum absolute atomic E-state index is 0.499. The molecule has 80 valence electrons. The molecule has 0 aliphatic rings. The molecule has 0 aromatic rings. The second-order valence-electron chi connectivity index (χ2n) is 3.49. The number of nitrogens with one attached hydrogen (secondary N) is 1. The van der Waals surface area contributed by atoms with Gasteiger partial charge in [0.2, 0.25) is 0 Å². The lowest BCUT2D eigenvalue weighted by Gasteiger charge is -2.33. The summed E-state index contributed by atoms with van der Waals surface area (Å²) < 4.78 is 25.6. The smallest absolute Gasteiger partial charge is 0.256 e. The lowest BCUT2D eigenvalue weighted by atomic mass is 9.91. The van der Waals surface area contributed by atoms with Crippen LogP contribution in [-0.2, 0) is 0 Å². The van der Waals surface area contributed by atoms with Crippen molar-refractivity contribution in [3.05, 3.63) is 0 Å². The second-order valence-corrected chi connectivity index (χ2v) is 3.49.